The summed E-state index contributed by atoms with van der Waals surface area (Å²) >= 11 is 0. The van der Waals surface area contributed by atoms with E-state index in [2.05, 4.69) is 0 Å². The monoisotopic (exact) mass is 498 g/mol. The van der Waals surface area contributed by atoms with Gasteiger partial charge < -0.3 is 28.8 Å². The van der Waals surface area contributed by atoms with Gasteiger partial charge in [-0.25, -0.2) is 0 Å². The topological polar surface area (TPSA) is 101 Å². The lowest BCUT2D eigenvalue weighted by Crippen LogP contribution is -2.35. The zero-order valence-electron chi connectivity index (χ0n) is 20.7. The number of ether oxygens (including phenoxy) is 5. The van der Waals surface area contributed by atoms with Crippen LogP contribution >= 0.6 is 0 Å². The van der Waals surface area contributed by atoms with Crippen molar-refractivity contribution in [3.8, 4) is 0 Å². The second-order valence-corrected chi connectivity index (χ2v) is 9.48. The number of carboxylic acid groups (broad SMARTS) is 1. The van der Waals surface area contributed by atoms with Crippen LogP contribution in [0.1, 0.15) is 43.9 Å². The van der Waals surface area contributed by atoms with Crippen LogP contribution in [0.25, 0.3) is 0 Å². The van der Waals surface area contributed by atoms with Gasteiger partial charge in [0.2, 0.25) is 0 Å². The molecule has 0 amide bonds. The lowest BCUT2D eigenvalue weighted by molar-refractivity contribution is -0.157. The van der Waals surface area contributed by atoms with Crippen molar-refractivity contribution in [2.24, 2.45) is 5.92 Å². The molecule has 2 aliphatic heterocycles. The van der Waals surface area contributed by atoms with Gasteiger partial charge in [-0.2, -0.15) is 0 Å². The fourth-order valence-electron chi connectivity index (χ4n) is 4.79. The number of hydrogen-bond donors (Lipinski definition) is 1. The number of fused-ring (bicyclic) bond motifs is 1. The van der Waals surface area contributed by atoms with E-state index in [0.717, 1.165) is 11.1 Å². The van der Waals surface area contributed by atoms with E-state index < -0.39 is 30.4 Å². The summed E-state index contributed by atoms with van der Waals surface area (Å²) in [5.41, 5.74) is 1.97. The highest BCUT2D eigenvalue weighted by Crippen LogP contribution is 2.41. The van der Waals surface area contributed by atoms with Crippen LogP contribution in [-0.4, -0.2) is 60.8 Å². The van der Waals surface area contributed by atoms with E-state index in [-0.39, 0.29) is 43.5 Å². The quantitative estimate of drug-likeness (QED) is 0.440. The molecule has 4 rings (SSSR count). The molecule has 7 atom stereocenters. The highest BCUT2D eigenvalue weighted by Gasteiger charge is 2.52. The number of esters is 1. The summed E-state index contributed by atoms with van der Waals surface area (Å²) in [6.07, 6.45) is -2.39. The lowest BCUT2D eigenvalue weighted by Gasteiger charge is -2.29. The molecule has 2 saturated heterocycles. The SMILES string of the molecule is C[C@H](CC(=O)O[C@@H]1CO[C@H]2[C@H]1OC[C@H]2C(O[C@H](C)CC(=O)O)c1ccccc1)OCc1ccccc1. The molecular weight excluding hydrogens is 464 g/mol. The second-order valence-electron chi connectivity index (χ2n) is 9.48. The molecule has 0 saturated carbocycles. The summed E-state index contributed by atoms with van der Waals surface area (Å²) in [4.78, 5) is 23.8. The molecule has 0 aliphatic carbocycles. The van der Waals surface area contributed by atoms with Crippen LogP contribution in [0.2, 0.25) is 0 Å². The first-order chi connectivity index (χ1) is 17.4. The summed E-state index contributed by atoms with van der Waals surface area (Å²) in [5, 5.41) is 9.17. The second kappa shape index (κ2) is 12.5. The van der Waals surface area contributed by atoms with Gasteiger partial charge in [0.25, 0.3) is 0 Å². The van der Waals surface area contributed by atoms with E-state index in [1.807, 2.05) is 67.6 Å². The van der Waals surface area contributed by atoms with Crippen molar-refractivity contribution in [2.45, 2.75) is 69.9 Å². The predicted octanol–water partition coefficient (Wildman–Crippen LogP) is 3.93. The number of rotatable bonds is 12. The van der Waals surface area contributed by atoms with Gasteiger partial charge in [0.15, 0.2) is 6.10 Å². The predicted molar refractivity (Wildman–Crippen MR) is 130 cm³/mol. The zero-order chi connectivity index (χ0) is 25.5. The zero-order valence-corrected chi connectivity index (χ0v) is 20.7. The first kappa shape index (κ1) is 26.3. The van der Waals surface area contributed by atoms with Gasteiger partial charge in [-0.15, -0.1) is 0 Å². The molecule has 194 valence electrons. The molecule has 8 nitrogen and oxygen atoms in total. The summed E-state index contributed by atoms with van der Waals surface area (Å²) in [7, 11) is 0. The van der Waals surface area contributed by atoms with Gasteiger partial charge in [-0.05, 0) is 25.0 Å². The Morgan fingerprint density at radius 3 is 2.28 bits per heavy atom. The van der Waals surface area contributed by atoms with Crippen LogP contribution in [-0.2, 0) is 39.9 Å². The molecule has 1 N–H and O–H groups in total. The van der Waals surface area contributed by atoms with Gasteiger partial charge in [-0.1, -0.05) is 60.7 Å². The maximum atomic E-state index is 12.6. The van der Waals surface area contributed by atoms with E-state index in [1.165, 1.54) is 0 Å². The van der Waals surface area contributed by atoms with Crippen LogP contribution < -0.4 is 0 Å². The van der Waals surface area contributed by atoms with Crippen LogP contribution in [0.5, 0.6) is 0 Å². The van der Waals surface area contributed by atoms with Crippen LogP contribution in [0.15, 0.2) is 60.7 Å². The highest BCUT2D eigenvalue weighted by atomic mass is 16.6. The highest BCUT2D eigenvalue weighted by molar-refractivity contribution is 5.70. The molecule has 1 unspecified atom stereocenters. The minimum absolute atomic E-state index is 0.101. The minimum atomic E-state index is -0.916. The van der Waals surface area contributed by atoms with Crippen molar-refractivity contribution in [3.63, 3.8) is 0 Å². The van der Waals surface area contributed by atoms with Gasteiger partial charge in [0.05, 0.1) is 57.1 Å². The molecule has 0 spiro atoms. The number of aliphatic carboxylic acids is 1. The normalized spacial score (nSPS) is 25.6. The fourth-order valence-corrected chi connectivity index (χ4v) is 4.79. The van der Waals surface area contributed by atoms with Gasteiger partial charge in [-0.3, -0.25) is 9.59 Å². The van der Waals surface area contributed by atoms with Crippen molar-refractivity contribution < 1.29 is 38.4 Å². The molecule has 2 fully saturated rings. The fraction of sp³-hybridized carbons (Fsp3) is 0.500. The Hall–Kier alpha value is -2.78. The van der Waals surface area contributed by atoms with Gasteiger partial charge in [0, 0.05) is 5.92 Å². The van der Waals surface area contributed by atoms with Crippen LogP contribution in [0, 0.1) is 5.92 Å². The standard InChI is InChI=1S/C28H34O8/c1-18(32-15-20-9-5-3-6-10-20)14-25(31)36-23-17-34-27-22(16-33-28(23)27)26(21-11-7-4-8-12-21)35-19(2)13-24(29)30/h3-12,18-19,22-23,26-28H,13-17H2,1-2H3,(H,29,30)/t18-,19-,22+,23-,26?,27-,28+/m1/s1. The summed E-state index contributed by atoms with van der Waals surface area (Å²) in [5.74, 6) is -1.44. The number of carboxylic acids is 1. The molecule has 2 heterocycles. The summed E-state index contributed by atoms with van der Waals surface area (Å²) in [6.45, 7) is 4.62. The number of carbonyl (C=O) groups is 2. The first-order valence-electron chi connectivity index (χ1n) is 12.4. The Morgan fingerprint density at radius 2 is 1.58 bits per heavy atom. The third kappa shape index (κ3) is 6.91. The Morgan fingerprint density at radius 1 is 0.917 bits per heavy atom. The van der Waals surface area contributed by atoms with Crippen molar-refractivity contribution in [1.29, 1.82) is 0 Å². The summed E-state index contributed by atoms with van der Waals surface area (Å²) in [6, 6.07) is 19.5. The average molecular weight is 499 g/mol. The molecule has 36 heavy (non-hydrogen) atoms. The van der Waals surface area contributed by atoms with Crippen molar-refractivity contribution in [2.75, 3.05) is 13.2 Å². The largest absolute Gasteiger partial charge is 0.481 e. The third-order valence-electron chi connectivity index (χ3n) is 6.52. The van der Waals surface area contributed by atoms with E-state index in [9.17, 15) is 9.59 Å². The smallest absolute Gasteiger partial charge is 0.308 e. The van der Waals surface area contributed by atoms with E-state index >= 15 is 0 Å². The lowest BCUT2D eigenvalue weighted by atomic mass is 9.90. The summed E-state index contributed by atoms with van der Waals surface area (Å²) < 4.78 is 29.8. The molecule has 0 radical (unpaired) electrons. The van der Waals surface area contributed by atoms with E-state index in [0.29, 0.717) is 13.2 Å². The molecule has 2 aromatic rings. The van der Waals surface area contributed by atoms with E-state index in [4.69, 9.17) is 28.8 Å². The maximum Gasteiger partial charge on any atom is 0.308 e. The third-order valence-corrected chi connectivity index (χ3v) is 6.52. The van der Waals surface area contributed by atoms with Crippen LogP contribution in [0.4, 0.5) is 0 Å². The molecule has 2 aliphatic rings. The van der Waals surface area contributed by atoms with Gasteiger partial charge >= 0.3 is 11.9 Å². The van der Waals surface area contributed by atoms with Gasteiger partial charge in [0.1, 0.15) is 6.10 Å². The molecule has 2 aromatic carbocycles. The number of benzene rings is 2. The minimum Gasteiger partial charge on any atom is -0.481 e. The van der Waals surface area contributed by atoms with E-state index in [1.54, 1.807) is 6.92 Å². The van der Waals surface area contributed by atoms with Crippen LogP contribution in [0.3, 0.4) is 0 Å². The Kier molecular flexibility index (Phi) is 9.09. The number of hydrogen-bond acceptors (Lipinski definition) is 7. The Labute approximate surface area is 211 Å². The Balaban J connectivity index is 1.33. The van der Waals surface area contributed by atoms with Crippen molar-refractivity contribution in [1.82, 2.24) is 0 Å². The van der Waals surface area contributed by atoms with Crippen molar-refractivity contribution in [3.05, 3.63) is 71.8 Å². The molecule has 8 heteroatoms. The molecule has 0 aromatic heterocycles. The molecular formula is C28H34O8. The maximum absolute atomic E-state index is 12.6. The average Bonchev–Trinajstić information content (AvgIpc) is 3.45. The van der Waals surface area contributed by atoms with Crippen molar-refractivity contribution >= 4 is 11.9 Å². The first-order valence-corrected chi connectivity index (χ1v) is 12.4. The molecule has 0 bridgehead atoms. The Bertz CT molecular complexity index is 982. The number of carbonyl (C=O) groups excluding carboxylic acids is 1.